The molecular formula is C11H18ClN. The molecule has 1 aromatic rings. The lowest BCUT2D eigenvalue weighted by atomic mass is 9.97. The molecule has 0 amide bonds. The molecule has 0 aliphatic carbocycles. The largest absolute Gasteiger partial charge is 1.00 e. The highest BCUT2D eigenvalue weighted by Crippen LogP contribution is 2.09. The van der Waals surface area contributed by atoms with Gasteiger partial charge in [-0.05, 0) is 18.4 Å². The van der Waals surface area contributed by atoms with Crippen molar-refractivity contribution in [1.82, 2.24) is 0 Å². The molecule has 0 aliphatic rings. The fourth-order valence-electron chi connectivity index (χ4n) is 1.40. The van der Waals surface area contributed by atoms with Gasteiger partial charge in [-0.1, -0.05) is 37.3 Å². The summed E-state index contributed by atoms with van der Waals surface area (Å²) in [6.45, 7) is 3.28. The molecule has 0 aromatic heterocycles. The molecule has 0 radical (unpaired) electrons. The molecule has 1 nitrogen and oxygen atoms in total. The fraction of sp³-hybridized carbons (Fsp3) is 0.455. The Kier molecular flexibility index (Phi) is 6.65. The third kappa shape index (κ3) is 4.30. The van der Waals surface area contributed by atoms with Gasteiger partial charge in [0.05, 0.1) is 6.54 Å². The van der Waals surface area contributed by atoms with Gasteiger partial charge in [0.25, 0.3) is 0 Å². The average Bonchev–Trinajstić information content (AvgIpc) is 2.16. The van der Waals surface area contributed by atoms with Crippen molar-refractivity contribution in [2.24, 2.45) is 5.92 Å². The molecule has 2 heteroatoms. The predicted molar refractivity (Wildman–Crippen MR) is 51.7 cm³/mol. The number of benzene rings is 1. The molecule has 13 heavy (non-hydrogen) atoms. The van der Waals surface area contributed by atoms with Crippen LogP contribution in [0.4, 0.5) is 0 Å². The lowest BCUT2D eigenvalue weighted by Crippen LogP contribution is -3.00. The zero-order chi connectivity index (χ0) is 8.81. The van der Waals surface area contributed by atoms with E-state index < -0.39 is 0 Å². The third-order valence-corrected chi connectivity index (χ3v) is 2.35. The quantitative estimate of drug-likeness (QED) is 0.612. The van der Waals surface area contributed by atoms with Crippen molar-refractivity contribution in [3.63, 3.8) is 0 Å². The highest BCUT2D eigenvalue weighted by atomic mass is 35.5. The molecule has 0 spiro atoms. The molecule has 3 N–H and O–H groups in total. The van der Waals surface area contributed by atoms with Gasteiger partial charge in [-0.3, -0.25) is 0 Å². The summed E-state index contributed by atoms with van der Waals surface area (Å²) >= 11 is 0. The number of rotatable bonds is 4. The summed E-state index contributed by atoms with van der Waals surface area (Å²) in [6.07, 6.45) is 2.42. The van der Waals surface area contributed by atoms with Gasteiger partial charge in [0.15, 0.2) is 0 Å². The van der Waals surface area contributed by atoms with Gasteiger partial charge in [-0.25, -0.2) is 0 Å². The van der Waals surface area contributed by atoms with Gasteiger partial charge in [0, 0.05) is 5.92 Å². The number of hydrogen-bond donors (Lipinski definition) is 1. The minimum atomic E-state index is 0. The normalized spacial score (nSPS) is 11.8. The molecule has 0 bridgehead atoms. The second-order valence-electron chi connectivity index (χ2n) is 3.25. The van der Waals surface area contributed by atoms with Crippen molar-refractivity contribution in [1.29, 1.82) is 0 Å². The Morgan fingerprint density at radius 3 is 2.31 bits per heavy atom. The van der Waals surface area contributed by atoms with Gasteiger partial charge in [0.2, 0.25) is 0 Å². The number of hydrogen-bond acceptors (Lipinski definition) is 0. The Labute approximate surface area is 86.7 Å². The summed E-state index contributed by atoms with van der Waals surface area (Å²) in [5.41, 5.74) is 5.39. The first kappa shape index (κ1) is 12.5. The first-order valence-corrected chi connectivity index (χ1v) is 4.70. The van der Waals surface area contributed by atoms with Crippen LogP contribution >= 0.6 is 0 Å². The molecule has 0 heterocycles. The van der Waals surface area contributed by atoms with Crippen molar-refractivity contribution in [2.75, 3.05) is 6.54 Å². The molecule has 1 atom stereocenters. The summed E-state index contributed by atoms with van der Waals surface area (Å²) in [5.74, 6) is 0.757. The van der Waals surface area contributed by atoms with Crippen LogP contribution in [0.5, 0.6) is 0 Å². The van der Waals surface area contributed by atoms with Gasteiger partial charge < -0.3 is 18.1 Å². The lowest BCUT2D eigenvalue weighted by molar-refractivity contribution is -0.379. The van der Waals surface area contributed by atoms with E-state index in [2.05, 4.69) is 43.0 Å². The maximum absolute atomic E-state index is 3.95. The van der Waals surface area contributed by atoms with Crippen LogP contribution in [0.15, 0.2) is 30.3 Å². The van der Waals surface area contributed by atoms with E-state index in [9.17, 15) is 0 Å². The summed E-state index contributed by atoms with van der Waals surface area (Å²) in [7, 11) is 0. The Balaban J connectivity index is 0.00000144. The topological polar surface area (TPSA) is 27.6 Å². The number of quaternary nitrogens is 1. The predicted octanol–water partition coefficient (Wildman–Crippen LogP) is -1.50. The SMILES string of the molecule is CC[C@H](C[NH3+])Cc1ccccc1.[Cl-]. The lowest BCUT2D eigenvalue weighted by Gasteiger charge is -2.09. The molecule has 74 valence electrons. The van der Waals surface area contributed by atoms with Crippen LogP contribution in [0.2, 0.25) is 0 Å². The first-order valence-electron chi connectivity index (χ1n) is 4.70. The monoisotopic (exact) mass is 199 g/mol. The van der Waals surface area contributed by atoms with Crippen molar-refractivity contribution in [2.45, 2.75) is 19.8 Å². The second kappa shape index (κ2) is 6.93. The van der Waals surface area contributed by atoms with E-state index in [1.807, 2.05) is 0 Å². The highest BCUT2D eigenvalue weighted by Gasteiger charge is 2.05. The van der Waals surface area contributed by atoms with Gasteiger partial charge in [0.1, 0.15) is 0 Å². The van der Waals surface area contributed by atoms with Crippen LogP contribution in [0.1, 0.15) is 18.9 Å². The minimum Gasteiger partial charge on any atom is -1.00 e. The Bertz CT molecular complexity index is 207. The van der Waals surface area contributed by atoms with Gasteiger partial charge >= 0.3 is 0 Å². The van der Waals surface area contributed by atoms with Crippen molar-refractivity contribution in [3.05, 3.63) is 35.9 Å². The third-order valence-electron chi connectivity index (χ3n) is 2.35. The Hall–Kier alpha value is -0.530. The van der Waals surface area contributed by atoms with Crippen molar-refractivity contribution in [3.8, 4) is 0 Å². The fourth-order valence-corrected chi connectivity index (χ4v) is 1.40. The van der Waals surface area contributed by atoms with Crippen LogP contribution in [-0.4, -0.2) is 6.54 Å². The maximum Gasteiger partial charge on any atom is 0.0771 e. The Morgan fingerprint density at radius 2 is 1.85 bits per heavy atom. The minimum absolute atomic E-state index is 0. The van der Waals surface area contributed by atoms with Crippen LogP contribution in [-0.2, 0) is 6.42 Å². The van der Waals surface area contributed by atoms with Crippen molar-refractivity contribution >= 4 is 0 Å². The summed E-state index contributed by atoms with van der Waals surface area (Å²) in [5, 5.41) is 0. The van der Waals surface area contributed by atoms with Crippen LogP contribution in [0.25, 0.3) is 0 Å². The van der Waals surface area contributed by atoms with E-state index in [0.29, 0.717) is 0 Å². The van der Waals surface area contributed by atoms with E-state index in [1.165, 1.54) is 18.4 Å². The zero-order valence-electron chi connectivity index (χ0n) is 8.17. The van der Waals surface area contributed by atoms with E-state index in [1.54, 1.807) is 0 Å². The summed E-state index contributed by atoms with van der Waals surface area (Å²) < 4.78 is 0. The molecular weight excluding hydrogens is 182 g/mol. The molecule has 1 aromatic carbocycles. The first-order chi connectivity index (χ1) is 5.86. The Morgan fingerprint density at radius 1 is 1.23 bits per heavy atom. The average molecular weight is 200 g/mol. The summed E-state index contributed by atoms with van der Waals surface area (Å²) in [4.78, 5) is 0. The van der Waals surface area contributed by atoms with E-state index >= 15 is 0 Å². The second-order valence-corrected chi connectivity index (χ2v) is 3.25. The number of halogens is 1. The molecule has 1 rings (SSSR count). The van der Waals surface area contributed by atoms with E-state index in [0.717, 1.165) is 12.5 Å². The van der Waals surface area contributed by atoms with Crippen LogP contribution in [0, 0.1) is 5.92 Å². The van der Waals surface area contributed by atoms with Crippen molar-refractivity contribution < 1.29 is 18.1 Å². The van der Waals surface area contributed by atoms with E-state index in [-0.39, 0.29) is 12.4 Å². The molecule has 0 fully saturated rings. The standard InChI is InChI=1S/C11H17N.ClH/c1-2-10(9-12)8-11-6-4-3-5-7-11;/h3-7,10H,2,8-9,12H2,1H3;1H/t10-;/m0./s1. The van der Waals surface area contributed by atoms with Gasteiger partial charge in [-0.2, -0.15) is 0 Å². The molecule has 0 aliphatic heterocycles. The van der Waals surface area contributed by atoms with Crippen LogP contribution in [0.3, 0.4) is 0 Å². The smallest absolute Gasteiger partial charge is 0.0771 e. The maximum atomic E-state index is 3.95. The van der Waals surface area contributed by atoms with Gasteiger partial charge in [-0.15, -0.1) is 0 Å². The zero-order valence-corrected chi connectivity index (χ0v) is 8.93. The molecule has 0 saturated heterocycles. The summed E-state index contributed by atoms with van der Waals surface area (Å²) in [6, 6.07) is 10.7. The highest BCUT2D eigenvalue weighted by molar-refractivity contribution is 5.15. The van der Waals surface area contributed by atoms with Crippen LogP contribution < -0.4 is 18.1 Å². The van der Waals surface area contributed by atoms with E-state index in [4.69, 9.17) is 0 Å². The molecule has 0 unspecified atom stereocenters. The molecule has 0 saturated carbocycles.